The molecule has 0 radical (unpaired) electrons. The van der Waals surface area contributed by atoms with E-state index in [9.17, 15) is 4.79 Å². The van der Waals surface area contributed by atoms with Gasteiger partial charge in [0.1, 0.15) is 0 Å². The van der Waals surface area contributed by atoms with Crippen molar-refractivity contribution >= 4 is 11.7 Å². The summed E-state index contributed by atoms with van der Waals surface area (Å²) in [5.74, 6) is 1.54. The molecule has 5 heteroatoms. The Morgan fingerprint density at radius 1 is 1.24 bits per heavy atom. The molecule has 1 aromatic rings. The van der Waals surface area contributed by atoms with Crippen molar-refractivity contribution in [2.45, 2.75) is 45.1 Å². The normalized spacial score (nSPS) is 22.8. The summed E-state index contributed by atoms with van der Waals surface area (Å²) in [6.07, 6.45) is 5.54. The van der Waals surface area contributed by atoms with Gasteiger partial charge in [-0.05, 0) is 44.7 Å². The zero-order valence-corrected chi connectivity index (χ0v) is 13.0. The molecular formula is C16H24N4O. The van der Waals surface area contributed by atoms with Crippen LogP contribution < -0.4 is 4.90 Å². The van der Waals surface area contributed by atoms with E-state index in [4.69, 9.17) is 0 Å². The summed E-state index contributed by atoms with van der Waals surface area (Å²) >= 11 is 0. The number of aryl methyl sites for hydroxylation is 1. The van der Waals surface area contributed by atoms with Crippen LogP contribution in [0.2, 0.25) is 0 Å². The number of carbonyl (C=O) groups excluding carboxylic acids is 1. The molecule has 0 aromatic carbocycles. The van der Waals surface area contributed by atoms with Gasteiger partial charge in [-0.25, -0.2) is 0 Å². The number of likely N-dealkylation sites (N-methyl/N-ethyl adjacent to an activating group) is 1. The van der Waals surface area contributed by atoms with E-state index in [0.29, 0.717) is 11.9 Å². The number of amides is 1. The van der Waals surface area contributed by atoms with Crippen molar-refractivity contribution in [3.63, 3.8) is 0 Å². The first-order valence-electron chi connectivity index (χ1n) is 7.97. The number of hydrogen-bond acceptors (Lipinski definition) is 4. The SMILES string of the molecule is Cc1ccc(N2CCCC(N(C)C(=O)C3CCC3)C2)nn1. The van der Waals surface area contributed by atoms with Gasteiger partial charge in [0, 0.05) is 32.1 Å². The average Bonchev–Trinajstić information content (AvgIpc) is 2.45. The summed E-state index contributed by atoms with van der Waals surface area (Å²) in [5, 5.41) is 8.41. The molecule has 1 aliphatic carbocycles. The maximum absolute atomic E-state index is 12.4. The fourth-order valence-corrected chi connectivity index (χ4v) is 3.16. The highest BCUT2D eigenvalue weighted by atomic mass is 16.2. The summed E-state index contributed by atoms with van der Waals surface area (Å²) in [5.41, 5.74) is 0.935. The number of aromatic nitrogens is 2. The van der Waals surface area contributed by atoms with Crippen molar-refractivity contribution in [3.05, 3.63) is 17.8 Å². The number of anilines is 1. The molecule has 1 saturated heterocycles. The van der Waals surface area contributed by atoms with Crippen LogP contribution in [0.5, 0.6) is 0 Å². The fourth-order valence-electron chi connectivity index (χ4n) is 3.16. The Morgan fingerprint density at radius 2 is 2.05 bits per heavy atom. The minimum Gasteiger partial charge on any atom is -0.353 e. The standard InChI is InChI=1S/C16H24N4O/c1-12-8-9-15(18-17-12)20-10-4-7-14(11-20)19(2)16(21)13-5-3-6-13/h8-9,13-14H,3-7,10-11H2,1-2H3. The summed E-state index contributed by atoms with van der Waals surface area (Å²) < 4.78 is 0. The Bertz CT molecular complexity index is 498. The monoisotopic (exact) mass is 288 g/mol. The second-order valence-corrected chi connectivity index (χ2v) is 6.35. The zero-order valence-electron chi connectivity index (χ0n) is 13.0. The number of piperidine rings is 1. The molecule has 2 heterocycles. The van der Waals surface area contributed by atoms with Gasteiger partial charge in [0.15, 0.2) is 5.82 Å². The summed E-state index contributed by atoms with van der Waals surface area (Å²) in [6.45, 7) is 3.81. The van der Waals surface area contributed by atoms with Crippen molar-refractivity contribution < 1.29 is 4.79 Å². The Balaban J connectivity index is 1.64. The summed E-state index contributed by atoms with van der Waals surface area (Å²) in [4.78, 5) is 16.6. The van der Waals surface area contributed by atoms with Crippen LogP contribution in [0.25, 0.3) is 0 Å². The molecule has 0 spiro atoms. The van der Waals surface area contributed by atoms with Gasteiger partial charge in [0.2, 0.25) is 5.91 Å². The fraction of sp³-hybridized carbons (Fsp3) is 0.688. The third kappa shape index (κ3) is 3.01. The molecule has 0 N–H and O–H groups in total. The third-order valence-electron chi connectivity index (χ3n) is 4.85. The lowest BCUT2D eigenvalue weighted by atomic mass is 9.84. The quantitative estimate of drug-likeness (QED) is 0.854. The number of nitrogens with zero attached hydrogens (tertiary/aromatic N) is 4. The van der Waals surface area contributed by atoms with E-state index in [1.165, 1.54) is 6.42 Å². The molecule has 1 atom stereocenters. The van der Waals surface area contributed by atoms with E-state index in [1.54, 1.807) is 0 Å². The summed E-state index contributed by atoms with van der Waals surface area (Å²) in [6, 6.07) is 4.32. The molecule has 2 fully saturated rings. The minimum absolute atomic E-state index is 0.282. The smallest absolute Gasteiger partial charge is 0.225 e. The Hall–Kier alpha value is -1.65. The number of carbonyl (C=O) groups is 1. The van der Waals surface area contributed by atoms with Crippen molar-refractivity contribution in [2.24, 2.45) is 5.92 Å². The molecule has 0 bridgehead atoms. The van der Waals surface area contributed by atoms with Gasteiger partial charge in [-0.2, -0.15) is 5.10 Å². The molecular weight excluding hydrogens is 264 g/mol. The first-order valence-corrected chi connectivity index (χ1v) is 7.97. The Morgan fingerprint density at radius 3 is 2.67 bits per heavy atom. The predicted octanol–water partition coefficient (Wildman–Crippen LogP) is 2.01. The molecule has 1 aliphatic heterocycles. The van der Waals surface area contributed by atoms with E-state index < -0.39 is 0 Å². The molecule has 21 heavy (non-hydrogen) atoms. The lowest BCUT2D eigenvalue weighted by Crippen LogP contribution is -2.51. The minimum atomic E-state index is 0.282. The molecule has 114 valence electrons. The van der Waals surface area contributed by atoms with E-state index in [-0.39, 0.29) is 5.92 Å². The summed E-state index contributed by atoms with van der Waals surface area (Å²) in [7, 11) is 1.97. The first kappa shape index (κ1) is 14.3. The second kappa shape index (κ2) is 6.00. The Kier molecular flexibility index (Phi) is 4.08. The van der Waals surface area contributed by atoms with Gasteiger partial charge in [0.05, 0.1) is 5.69 Å². The maximum Gasteiger partial charge on any atom is 0.225 e. The van der Waals surface area contributed by atoms with E-state index in [1.807, 2.05) is 31.0 Å². The van der Waals surface area contributed by atoms with Crippen LogP contribution in [0.15, 0.2) is 12.1 Å². The highest BCUT2D eigenvalue weighted by molar-refractivity contribution is 5.79. The third-order valence-corrected chi connectivity index (χ3v) is 4.85. The predicted molar refractivity (Wildman–Crippen MR) is 82.1 cm³/mol. The molecule has 1 saturated carbocycles. The lowest BCUT2D eigenvalue weighted by molar-refractivity contribution is -0.139. The van der Waals surface area contributed by atoms with Gasteiger partial charge in [-0.15, -0.1) is 5.10 Å². The van der Waals surface area contributed by atoms with Crippen molar-refractivity contribution in [1.29, 1.82) is 0 Å². The zero-order chi connectivity index (χ0) is 14.8. The molecule has 1 amide bonds. The van der Waals surface area contributed by atoms with Crippen molar-refractivity contribution in [2.75, 3.05) is 25.0 Å². The molecule has 1 aromatic heterocycles. The van der Waals surface area contributed by atoms with Gasteiger partial charge in [-0.1, -0.05) is 6.42 Å². The van der Waals surface area contributed by atoms with Crippen molar-refractivity contribution in [1.82, 2.24) is 15.1 Å². The van der Waals surface area contributed by atoms with Crippen LogP contribution in [-0.2, 0) is 4.79 Å². The maximum atomic E-state index is 12.4. The van der Waals surface area contributed by atoms with Crippen LogP contribution in [0.3, 0.4) is 0 Å². The van der Waals surface area contributed by atoms with Crippen LogP contribution in [0.1, 0.15) is 37.8 Å². The highest BCUT2D eigenvalue weighted by Gasteiger charge is 2.33. The van der Waals surface area contributed by atoms with E-state index in [2.05, 4.69) is 15.1 Å². The van der Waals surface area contributed by atoms with Crippen LogP contribution in [0, 0.1) is 12.8 Å². The van der Waals surface area contributed by atoms with E-state index in [0.717, 1.165) is 50.3 Å². The Labute approximate surface area is 126 Å². The highest BCUT2D eigenvalue weighted by Crippen LogP contribution is 2.29. The lowest BCUT2D eigenvalue weighted by Gasteiger charge is -2.40. The van der Waals surface area contributed by atoms with Gasteiger partial charge >= 0.3 is 0 Å². The van der Waals surface area contributed by atoms with Gasteiger partial charge in [-0.3, -0.25) is 4.79 Å². The average molecular weight is 288 g/mol. The van der Waals surface area contributed by atoms with Crippen molar-refractivity contribution in [3.8, 4) is 0 Å². The van der Waals surface area contributed by atoms with Crippen LogP contribution in [-0.4, -0.2) is 47.2 Å². The molecule has 1 unspecified atom stereocenters. The van der Waals surface area contributed by atoms with Gasteiger partial charge < -0.3 is 9.80 Å². The molecule has 2 aliphatic rings. The van der Waals surface area contributed by atoms with Crippen LogP contribution >= 0.6 is 0 Å². The molecule has 3 rings (SSSR count). The first-order chi connectivity index (χ1) is 10.1. The molecule has 5 nitrogen and oxygen atoms in total. The largest absolute Gasteiger partial charge is 0.353 e. The van der Waals surface area contributed by atoms with Crippen LogP contribution in [0.4, 0.5) is 5.82 Å². The topological polar surface area (TPSA) is 49.3 Å². The number of rotatable bonds is 3. The van der Waals surface area contributed by atoms with E-state index >= 15 is 0 Å². The second-order valence-electron chi connectivity index (χ2n) is 6.35. The van der Waals surface area contributed by atoms with Gasteiger partial charge in [0.25, 0.3) is 0 Å². The number of hydrogen-bond donors (Lipinski definition) is 0.